The van der Waals surface area contributed by atoms with E-state index in [2.05, 4.69) is 10.2 Å². The van der Waals surface area contributed by atoms with E-state index in [-0.39, 0.29) is 11.8 Å². The molecular weight excluding hydrogens is 308 g/mol. The number of para-hydroxylation sites is 2. The molecule has 0 aliphatic carbocycles. The van der Waals surface area contributed by atoms with Gasteiger partial charge in [0.25, 0.3) is 11.8 Å². The van der Waals surface area contributed by atoms with E-state index in [0.29, 0.717) is 32.7 Å². The first-order chi connectivity index (χ1) is 11.7. The van der Waals surface area contributed by atoms with E-state index in [1.54, 1.807) is 7.11 Å². The van der Waals surface area contributed by atoms with Gasteiger partial charge < -0.3 is 24.8 Å². The maximum absolute atomic E-state index is 12.5. The second-order valence-corrected chi connectivity index (χ2v) is 6.24. The summed E-state index contributed by atoms with van der Waals surface area (Å²) in [6.07, 6.45) is 0. The average molecular weight is 333 g/mol. The lowest BCUT2D eigenvalue weighted by molar-refractivity contribution is -0.885. The van der Waals surface area contributed by atoms with Gasteiger partial charge in [-0.1, -0.05) is 12.1 Å². The summed E-state index contributed by atoms with van der Waals surface area (Å²) in [5, 5.41) is 2.80. The molecule has 130 valence electrons. The minimum absolute atomic E-state index is 0.0324. The average Bonchev–Trinajstić information content (AvgIpc) is 2.62. The van der Waals surface area contributed by atoms with Crippen molar-refractivity contribution >= 4 is 17.5 Å². The van der Waals surface area contributed by atoms with Crippen LogP contribution in [0.1, 0.15) is 0 Å². The van der Waals surface area contributed by atoms with E-state index >= 15 is 0 Å². The fraction of sp³-hybridized carbons (Fsp3) is 0.529. The van der Waals surface area contributed by atoms with Crippen LogP contribution in [0.15, 0.2) is 24.3 Å². The Morgan fingerprint density at radius 2 is 2.00 bits per heavy atom. The number of carbonyl (C=O) groups is 2. The fourth-order valence-corrected chi connectivity index (χ4v) is 3.32. The number of rotatable bonds is 4. The smallest absolute Gasteiger partial charge is 0.277 e. The summed E-state index contributed by atoms with van der Waals surface area (Å²) in [4.78, 5) is 29.1. The molecule has 2 aliphatic heterocycles. The van der Waals surface area contributed by atoms with Gasteiger partial charge in [0.2, 0.25) is 0 Å². The van der Waals surface area contributed by atoms with Gasteiger partial charge in [-0.05, 0) is 12.1 Å². The number of piperazine rings is 2. The number of carbonyl (C=O) groups excluding carboxylic acids is 2. The number of anilines is 1. The highest BCUT2D eigenvalue weighted by Crippen LogP contribution is 2.28. The van der Waals surface area contributed by atoms with Crippen LogP contribution >= 0.6 is 0 Å². The van der Waals surface area contributed by atoms with E-state index in [0.717, 1.165) is 36.0 Å². The summed E-state index contributed by atoms with van der Waals surface area (Å²) in [6, 6.07) is 7.96. The Bertz CT molecular complexity index is 599. The number of hydrogen-bond donors (Lipinski definition) is 2. The topological polar surface area (TPSA) is 66.3 Å². The molecule has 0 bridgehead atoms. The van der Waals surface area contributed by atoms with Gasteiger partial charge >= 0.3 is 0 Å². The van der Waals surface area contributed by atoms with Gasteiger partial charge in [0.15, 0.2) is 13.1 Å². The van der Waals surface area contributed by atoms with Crippen LogP contribution in [0.4, 0.5) is 5.69 Å². The van der Waals surface area contributed by atoms with Gasteiger partial charge in [0.1, 0.15) is 5.75 Å². The largest absolute Gasteiger partial charge is 0.495 e. The molecule has 3 rings (SSSR count). The number of ether oxygens (including phenoxy) is 1. The van der Waals surface area contributed by atoms with E-state index in [4.69, 9.17) is 4.74 Å². The van der Waals surface area contributed by atoms with Crippen LogP contribution in [0.5, 0.6) is 5.75 Å². The van der Waals surface area contributed by atoms with E-state index in [1.807, 2.05) is 29.2 Å². The molecule has 7 heteroatoms. The molecule has 0 radical (unpaired) electrons. The maximum Gasteiger partial charge on any atom is 0.277 e. The number of nitrogens with zero attached hydrogens (tertiary/aromatic N) is 2. The predicted octanol–water partition coefficient (Wildman–Crippen LogP) is -1.64. The number of quaternary nitrogens is 1. The third-order valence-electron chi connectivity index (χ3n) is 4.67. The summed E-state index contributed by atoms with van der Waals surface area (Å²) in [5.74, 6) is 1.03. The Morgan fingerprint density at radius 1 is 1.25 bits per heavy atom. The Hall–Kier alpha value is -2.28. The van der Waals surface area contributed by atoms with Gasteiger partial charge in [-0.2, -0.15) is 0 Å². The molecule has 1 aromatic rings. The highest BCUT2D eigenvalue weighted by Gasteiger charge is 2.27. The molecule has 24 heavy (non-hydrogen) atoms. The third kappa shape index (κ3) is 3.79. The van der Waals surface area contributed by atoms with Gasteiger partial charge in [-0.15, -0.1) is 0 Å². The standard InChI is InChI=1S/C17H24N4O3/c1-24-15-5-3-2-4-14(15)20-8-10-21(11-9-20)17(23)13-19-7-6-18-16(22)12-19/h2-5H,6-13H2,1H3,(H,18,22)/p+1. The Labute approximate surface area is 142 Å². The van der Waals surface area contributed by atoms with Crippen molar-refractivity contribution in [2.45, 2.75) is 0 Å². The lowest BCUT2D eigenvalue weighted by atomic mass is 10.2. The zero-order chi connectivity index (χ0) is 16.9. The molecule has 0 spiro atoms. The van der Waals surface area contributed by atoms with Crippen LogP contribution in [-0.4, -0.2) is 76.2 Å². The lowest BCUT2D eigenvalue weighted by Crippen LogP contribution is -3.16. The molecule has 0 saturated carbocycles. The normalized spacial score (nSPS) is 21.4. The first kappa shape index (κ1) is 16.6. The van der Waals surface area contributed by atoms with Crippen LogP contribution in [0, 0.1) is 0 Å². The summed E-state index contributed by atoms with van der Waals surface area (Å²) in [6.45, 7) is 5.27. The zero-order valence-corrected chi connectivity index (χ0v) is 14.1. The van der Waals surface area contributed by atoms with Crippen molar-refractivity contribution in [1.29, 1.82) is 0 Å². The van der Waals surface area contributed by atoms with Crippen LogP contribution in [0.2, 0.25) is 0 Å². The highest BCUT2D eigenvalue weighted by atomic mass is 16.5. The van der Waals surface area contributed by atoms with E-state index in [1.165, 1.54) is 0 Å². The first-order valence-electron chi connectivity index (χ1n) is 8.43. The highest BCUT2D eigenvalue weighted by molar-refractivity contribution is 5.79. The SMILES string of the molecule is COc1ccccc1N1CCN(C(=O)C[NH+]2CCNC(=O)C2)CC1. The molecule has 1 unspecified atom stereocenters. The number of methoxy groups -OCH3 is 1. The molecule has 1 atom stereocenters. The lowest BCUT2D eigenvalue weighted by Gasteiger charge is -2.37. The van der Waals surface area contributed by atoms with Crippen LogP contribution in [-0.2, 0) is 9.59 Å². The van der Waals surface area contributed by atoms with Crippen molar-refractivity contribution in [2.24, 2.45) is 0 Å². The fourth-order valence-electron chi connectivity index (χ4n) is 3.32. The molecule has 7 nitrogen and oxygen atoms in total. The van der Waals surface area contributed by atoms with Gasteiger partial charge in [0.05, 0.1) is 25.9 Å². The number of amides is 2. The maximum atomic E-state index is 12.5. The molecule has 0 aromatic heterocycles. The summed E-state index contributed by atoms with van der Waals surface area (Å²) in [7, 11) is 1.68. The second-order valence-electron chi connectivity index (χ2n) is 6.24. The van der Waals surface area contributed by atoms with Gasteiger partial charge in [-0.25, -0.2) is 0 Å². The molecular formula is C17H25N4O3+. The minimum atomic E-state index is 0.0324. The van der Waals surface area contributed by atoms with Gasteiger partial charge in [-0.3, -0.25) is 9.59 Å². The molecule has 1 aromatic carbocycles. The second kappa shape index (κ2) is 7.53. The monoisotopic (exact) mass is 333 g/mol. The molecule has 2 fully saturated rings. The van der Waals surface area contributed by atoms with E-state index < -0.39 is 0 Å². The van der Waals surface area contributed by atoms with Crippen molar-refractivity contribution in [3.05, 3.63) is 24.3 Å². The van der Waals surface area contributed by atoms with Crippen molar-refractivity contribution in [3.8, 4) is 5.75 Å². The Kier molecular flexibility index (Phi) is 5.20. The summed E-state index contributed by atoms with van der Waals surface area (Å²) in [5.41, 5.74) is 1.07. The number of benzene rings is 1. The van der Waals surface area contributed by atoms with Gasteiger partial charge in [0, 0.05) is 26.2 Å². The minimum Gasteiger partial charge on any atom is -0.495 e. The quantitative estimate of drug-likeness (QED) is 0.694. The molecule has 2 heterocycles. The molecule has 2 N–H and O–H groups in total. The van der Waals surface area contributed by atoms with Crippen molar-refractivity contribution < 1.29 is 19.2 Å². The van der Waals surface area contributed by atoms with Crippen LogP contribution < -0.4 is 19.9 Å². The Morgan fingerprint density at radius 3 is 2.71 bits per heavy atom. The van der Waals surface area contributed by atoms with Crippen molar-refractivity contribution in [3.63, 3.8) is 0 Å². The zero-order valence-electron chi connectivity index (χ0n) is 14.1. The number of nitrogens with one attached hydrogen (secondary N) is 2. The molecule has 2 amide bonds. The Balaban J connectivity index is 1.53. The molecule has 2 aliphatic rings. The predicted molar refractivity (Wildman–Crippen MR) is 90.4 cm³/mol. The number of hydrogen-bond acceptors (Lipinski definition) is 4. The van der Waals surface area contributed by atoms with Crippen LogP contribution in [0.3, 0.4) is 0 Å². The third-order valence-corrected chi connectivity index (χ3v) is 4.67. The summed E-state index contributed by atoms with van der Waals surface area (Å²) < 4.78 is 5.42. The molecule has 2 saturated heterocycles. The van der Waals surface area contributed by atoms with E-state index in [9.17, 15) is 9.59 Å². The van der Waals surface area contributed by atoms with Crippen molar-refractivity contribution in [2.75, 3.05) is 64.4 Å². The van der Waals surface area contributed by atoms with Crippen LogP contribution in [0.25, 0.3) is 0 Å². The first-order valence-corrected chi connectivity index (χ1v) is 8.43. The summed E-state index contributed by atoms with van der Waals surface area (Å²) >= 11 is 0. The van der Waals surface area contributed by atoms with Crippen molar-refractivity contribution in [1.82, 2.24) is 10.2 Å².